The SMILES string of the molecule is CC(CN1CC(CN)CC1C)c1ccccc1.Cl. The standard InChI is InChI=1S/C15H24N2.ClH/c1-12(15-6-4-3-5-7-15)10-17-11-14(9-16)8-13(17)2;/h3-7,12-14H,8-11,16H2,1-2H3;1H. The van der Waals surface area contributed by atoms with Crippen molar-refractivity contribution in [2.24, 2.45) is 11.7 Å². The first-order chi connectivity index (χ1) is 8.20. The highest BCUT2D eigenvalue weighted by Crippen LogP contribution is 2.25. The fourth-order valence-electron chi connectivity index (χ4n) is 2.88. The van der Waals surface area contributed by atoms with Crippen LogP contribution in [-0.4, -0.2) is 30.6 Å². The van der Waals surface area contributed by atoms with Crippen molar-refractivity contribution in [3.63, 3.8) is 0 Å². The smallest absolute Gasteiger partial charge is 0.00708 e. The lowest BCUT2D eigenvalue weighted by atomic mass is 10.0. The Hall–Kier alpha value is -0.570. The van der Waals surface area contributed by atoms with Gasteiger partial charge < -0.3 is 5.73 Å². The number of hydrogen-bond donors (Lipinski definition) is 1. The summed E-state index contributed by atoms with van der Waals surface area (Å²) in [5, 5.41) is 0. The molecule has 3 unspecified atom stereocenters. The maximum atomic E-state index is 5.77. The molecule has 1 aromatic rings. The van der Waals surface area contributed by atoms with Crippen molar-refractivity contribution in [1.29, 1.82) is 0 Å². The number of hydrogen-bond acceptors (Lipinski definition) is 2. The molecule has 0 radical (unpaired) electrons. The Morgan fingerprint density at radius 3 is 2.56 bits per heavy atom. The molecule has 1 heterocycles. The van der Waals surface area contributed by atoms with Gasteiger partial charge in [-0.25, -0.2) is 0 Å². The summed E-state index contributed by atoms with van der Waals surface area (Å²) in [4.78, 5) is 2.59. The number of likely N-dealkylation sites (tertiary alicyclic amines) is 1. The van der Waals surface area contributed by atoms with Crippen LogP contribution in [-0.2, 0) is 0 Å². The monoisotopic (exact) mass is 268 g/mol. The predicted octanol–water partition coefficient (Wildman–Crippen LogP) is 2.88. The molecule has 2 rings (SSSR count). The average molecular weight is 269 g/mol. The van der Waals surface area contributed by atoms with Gasteiger partial charge in [0.2, 0.25) is 0 Å². The van der Waals surface area contributed by atoms with E-state index in [9.17, 15) is 0 Å². The summed E-state index contributed by atoms with van der Waals surface area (Å²) in [6, 6.07) is 11.5. The highest BCUT2D eigenvalue weighted by atomic mass is 35.5. The molecule has 2 nitrogen and oxygen atoms in total. The van der Waals surface area contributed by atoms with Crippen LogP contribution in [0.5, 0.6) is 0 Å². The molecule has 1 saturated heterocycles. The van der Waals surface area contributed by atoms with Crippen LogP contribution < -0.4 is 5.73 Å². The van der Waals surface area contributed by atoms with Crippen LogP contribution in [0.3, 0.4) is 0 Å². The molecule has 3 atom stereocenters. The van der Waals surface area contributed by atoms with Gasteiger partial charge in [-0.2, -0.15) is 0 Å². The van der Waals surface area contributed by atoms with Crippen LogP contribution >= 0.6 is 12.4 Å². The van der Waals surface area contributed by atoms with Crippen LogP contribution in [0.4, 0.5) is 0 Å². The van der Waals surface area contributed by atoms with Gasteiger partial charge in [0.1, 0.15) is 0 Å². The Morgan fingerprint density at radius 1 is 1.33 bits per heavy atom. The zero-order chi connectivity index (χ0) is 12.3. The van der Waals surface area contributed by atoms with Crippen molar-refractivity contribution in [3.05, 3.63) is 35.9 Å². The molecule has 0 aromatic heterocycles. The van der Waals surface area contributed by atoms with Gasteiger partial charge in [-0.1, -0.05) is 37.3 Å². The topological polar surface area (TPSA) is 29.3 Å². The third-order valence-electron chi connectivity index (χ3n) is 4.00. The van der Waals surface area contributed by atoms with E-state index in [1.54, 1.807) is 0 Å². The lowest BCUT2D eigenvalue weighted by Crippen LogP contribution is -2.31. The Morgan fingerprint density at radius 2 is 2.00 bits per heavy atom. The molecular weight excluding hydrogens is 244 g/mol. The molecule has 1 fully saturated rings. The molecule has 1 aromatic carbocycles. The zero-order valence-electron chi connectivity index (χ0n) is 11.4. The first kappa shape index (κ1) is 15.5. The van der Waals surface area contributed by atoms with Crippen molar-refractivity contribution in [2.45, 2.75) is 32.2 Å². The second kappa shape index (κ2) is 7.13. The minimum atomic E-state index is 0. The molecule has 0 saturated carbocycles. The number of halogens is 1. The molecule has 1 aliphatic heterocycles. The zero-order valence-corrected chi connectivity index (χ0v) is 12.2. The van der Waals surface area contributed by atoms with E-state index in [1.165, 1.54) is 18.5 Å². The second-order valence-corrected chi connectivity index (χ2v) is 5.45. The van der Waals surface area contributed by atoms with Crippen molar-refractivity contribution < 1.29 is 0 Å². The van der Waals surface area contributed by atoms with Crippen molar-refractivity contribution in [3.8, 4) is 0 Å². The fraction of sp³-hybridized carbons (Fsp3) is 0.600. The van der Waals surface area contributed by atoms with E-state index in [0.717, 1.165) is 13.1 Å². The van der Waals surface area contributed by atoms with Gasteiger partial charge >= 0.3 is 0 Å². The van der Waals surface area contributed by atoms with E-state index >= 15 is 0 Å². The average Bonchev–Trinajstić information content (AvgIpc) is 2.71. The van der Waals surface area contributed by atoms with E-state index in [2.05, 4.69) is 49.1 Å². The number of benzene rings is 1. The summed E-state index contributed by atoms with van der Waals surface area (Å²) in [6.45, 7) is 7.81. The highest BCUT2D eigenvalue weighted by molar-refractivity contribution is 5.85. The van der Waals surface area contributed by atoms with E-state index in [4.69, 9.17) is 5.73 Å². The van der Waals surface area contributed by atoms with Crippen LogP contribution in [0.15, 0.2) is 30.3 Å². The number of nitrogens with zero attached hydrogens (tertiary/aromatic N) is 1. The summed E-state index contributed by atoms with van der Waals surface area (Å²) in [7, 11) is 0. The molecule has 102 valence electrons. The molecule has 18 heavy (non-hydrogen) atoms. The Kier molecular flexibility index (Phi) is 6.13. The van der Waals surface area contributed by atoms with Crippen molar-refractivity contribution in [1.82, 2.24) is 4.90 Å². The van der Waals surface area contributed by atoms with Gasteiger partial charge in [0, 0.05) is 19.1 Å². The van der Waals surface area contributed by atoms with Crippen LogP contribution in [0.1, 0.15) is 31.7 Å². The molecule has 2 N–H and O–H groups in total. The summed E-state index contributed by atoms with van der Waals surface area (Å²) < 4.78 is 0. The van der Waals surface area contributed by atoms with E-state index in [-0.39, 0.29) is 12.4 Å². The van der Waals surface area contributed by atoms with Gasteiger partial charge in [0.15, 0.2) is 0 Å². The molecule has 0 amide bonds. The second-order valence-electron chi connectivity index (χ2n) is 5.45. The minimum Gasteiger partial charge on any atom is -0.330 e. The van der Waals surface area contributed by atoms with E-state index < -0.39 is 0 Å². The Balaban J connectivity index is 0.00000162. The summed E-state index contributed by atoms with van der Waals surface area (Å²) in [5.74, 6) is 1.31. The Bertz CT molecular complexity index is 342. The highest BCUT2D eigenvalue weighted by Gasteiger charge is 2.28. The van der Waals surface area contributed by atoms with Crippen LogP contribution in [0.25, 0.3) is 0 Å². The molecule has 1 aliphatic rings. The first-order valence-electron chi connectivity index (χ1n) is 6.69. The summed E-state index contributed by atoms with van der Waals surface area (Å²) >= 11 is 0. The Labute approximate surface area is 117 Å². The molecule has 3 heteroatoms. The van der Waals surface area contributed by atoms with Crippen LogP contribution in [0.2, 0.25) is 0 Å². The molecule has 0 aliphatic carbocycles. The third-order valence-corrected chi connectivity index (χ3v) is 4.00. The van der Waals surface area contributed by atoms with Gasteiger partial charge in [-0.3, -0.25) is 4.90 Å². The molecule has 0 spiro atoms. The quantitative estimate of drug-likeness (QED) is 0.910. The summed E-state index contributed by atoms with van der Waals surface area (Å²) in [6.07, 6.45) is 1.26. The van der Waals surface area contributed by atoms with Gasteiger partial charge in [0.25, 0.3) is 0 Å². The van der Waals surface area contributed by atoms with Gasteiger partial charge in [-0.05, 0) is 37.3 Å². The summed E-state index contributed by atoms with van der Waals surface area (Å²) in [5.41, 5.74) is 7.21. The molecule has 0 bridgehead atoms. The normalized spacial score (nSPS) is 25.7. The fourth-order valence-corrected chi connectivity index (χ4v) is 2.88. The van der Waals surface area contributed by atoms with E-state index in [0.29, 0.717) is 17.9 Å². The van der Waals surface area contributed by atoms with E-state index in [1.807, 2.05) is 0 Å². The van der Waals surface area contributed by atoms with Gasteiger partial charge in [-0.15, -0.1) is 12.4 Å². The largest absolute Gasteiger partial charge is 0.330 e. The lowest BCUT2D eigenvalue weighted by molar-refractivity contribution is 0.251. The van der Waals surface area contributed by atoms with Crippen molar-refractivity contribution in [2.75, 3.05) is 19.6 Å². The third kappa shape index (κ3) is 3.71. The van der Waals surface area contributed by atoms with Gasteiger partial charge in [0.05, 0.1) is 0 Å². The maximum Gasteiger partial charge on any atom is 0.00708 e. The maximum absolute atomic E-state index is 5.77. The van der Waals surface area contributed by atoms with Crippen molar-refractivity contribution >= 4 is 12.4 Å². The van der Waals surface area contributed by atoms with Crippen LogP contribution in [0, 0.1) is 5.92 Å². The molecular formula is C15H25ClN2. The first-order valence-corrected chi connectivity index (χ1v) is 6.69. The predicted molar refractivity (Wildman–Crippen MR) is 80.3 cm³/mol. The minimum absolute atomic E-state index is 0. The number of rotatable bonds is 4. The lowest BCUT2D eigenvalue weighted by Gasteiger charge is -2.25. The number of nitrogens with two attached hydrogens (primary N) is 1.